The van der Waals surface area contributed by atoms with Gasteiger partial charge in [0.25, 0.3) is 11.8 Å². The van der Waals surface area contributed by atoms with E-state index in [9.17, 15) is 23.6 Å². The van der Waals surface area contributed by atoms with Crippen LogP contribution in [0, 0.1) is 5.82 Å². The third-order valence-electron chi connectivity index (χ3n) is 9.35. The third kappa shape index (κ3) is 9.27. The SMILES string of the molecule is CN(Cc1ccc(F)cc1)C(=O)C(NC(=O)c1ccc2nc(NC(=O)c3ccccc3C3CCN(C(=O)OC(C)(C)C)CC3)ccc2c1)c1ccccc1. The molecule has 0 radical (unpaired) electrons. The maximum absolute atomic E-state index is 13.7. The van der Waals surface area contributed by atoms with Gasteiger partial charge in [0, 0.05) is 43.2 Å². The number of benzene rings is 4. The molecular weight excluding hydrogens is 686 g/mol. The molecule has 2 N–H and O–H groups in total. The predicted molar refractivity (Wildman–Crippen MR) is 205 cm³/mol. The van der Waals surface area contributed by atoms with Crippen LogP contribution in [0.4, 0.5) is 15.0 Å². The number of hydrogen-bond donors (Lipinski definition) is 2. The zero-order valence-electron chi connectivity index (χ0n) is 30.8. The fourth-order valence-electron chi connectivity index (χ4n) is 6.59. The summed E-state index contributed by atoms with van der Waals surface area (Å²) in [4.78, 5) is 61.3. The molecule has 5 aromatic rings. The van der Waals surface area contributed by atoms with Crippen LogP contribution in [-0.4, -0.2) is 64.3 Å². The second-order valence-electron chi connectivity index (χ2n) is 14.5. The van der Waals surface area contributed by atoms with Gasteiger partial charge in [-0.2, -0.15) is 0 Å². The first-order valence-corrected chi connectivity index (χ1v) is 18.0. The lowest BCUT2D eigenvalue weighted by Crippen LogP contribution is -2.41. The number of likely N-dealkylation sites (N-methyl/N-ethyl adjacent to an activating group) is 1. The summed E-state index contributed by atoms with van der Waals surface area (Å²) >= 11 is 0. The van der Waals surface area contributed by atoms with Crippen LogP contribution < -0.4 is 10.6 Å². The number of aromatic nitrogens is 1. The molecular formula is C43H44FN5O5. The van der Waals surface area contributed by atoms with Crippen molar-refractivity contribution in [1.29, 1.82) is 0 Å². The van der Waals surface area contributed by atoms with Crippen LogP contribution in [0.25, 0.3) is 10.9 Å². The molecule has 4 aromatic carbocycles. The van der Waals surface area contributed by atoms with E-state index in [1.807, 2.05) is 45.0 Å². The van der Waals surface area contributed by atoms with E-state index in [1.165, 1.54) is 17.0 Å². The molecule has 1 unspecified atom stereocenters. The average Bonchev–Trinajstić information content (AvgIpc) is 3.17. The normalized spacial score (nSPS) is 13.9. The van der Waals surface area contributed by atoms with Crippen molar-refractivity contribution in [2.45, 2.75) is 57.7 Å². The average molecular weight is 730 g/mol. The molecule has 0 bridgehead atoms. The Hall–Kier alpha value is -6.10. The Kier molecular flexibility index (Phi) is 11.4. The molecule has 1 fully saturated rings. The van der Waals surface area contributed by atoms with Crippen molar-refractivity contribution in [3.8, 4) is 0 Å². The molecule has 0 saturated carbocycles. The molecule has 4 amide bonds. The molecule has 10 nitrogen and oxygen atoms in total. The highest BCUT2D eigenvalue weighted by Crippen LogP contribution is 2.32. The number of piperidine rings is 1. The second kappa shape index (κ2) is 16.3. The molecule has 0 aliphatic carbocycles. The number of ether oxygens (including phenoxy) is 1. The van der Waals surface area contributed by atoms with Crippen molar-refractivity contribution in [1.82, 2.24) is 20.1 Å². The zero-order valence-corrected chi connectivity index (χ0v) is 30.8. The number of likely N-dealkylation sites (tertiary alicyclic amines) is 1. The minimum absolute atomic E-state index is 0.103. The van der Waals surface area contributed by atoms with Gasteiger partial charge in [0.2, 0.25) is 5.91 Å². The van der Waals surface area contributed by atoms with Gasteiger partial charge >= 0.3 is 6.09 Å². The third-order valence-corrected chi connectivity index (χ3v) is 9.35. The van der Waals surface area contributed by atoms with Gasteiger partial charge in [-0.3, -0.25) is 14.4 Å². The molecule has 11 heteroatoms. The Balaban J connectivity index is 1.12. The smallest absolute Gasteiger partial charge is 0.410 e. The van der Waals surface area contributed by atoms with Crippen LogP contribution >= 0.6 is 0 Å². The van der Waals surface area contributed by atoms with Crippen LogP contribution in [0.3, 0.4) is 0 Å². The summed E-state index contributed by atoms with van der Waals surface area (Å²) in [5.41, 5.74) is 3.19. The quantitative estimate of drug-likeness (QED) is 0.159. The number of hydrogen-bond acceptors (Lipinski definition) is 6. The van der Waals surface area contributed by atoms with E-state index in [1.54, 1.807) is 84.7 Å². The fourth-order valence-corrected chi connectivity index (χ4v) is 6.59. The van der Waals surface area contributed by atoms with E-state index in [2.05, 4.69) is 15.6 Å². The maximum atomic E-state index is 13.7. The lowest BCUT2D eigenvalue weighted by molar-refractivity contribution is -0.132. The van der Waals surface area contributed by atoms with E-state index < -0.39 is 17.6 Å². The number of pyridine rings is 1. The minimum Gasteiger partial charge on any atom is -0.444 e. The van der Waals surface area contributed by atoms with E-state index in [4.69, 9.17) is 4.74 Å². The van der Waals surface area contributed by atoms with E-state index in [0.29, 0.717) is 59.3 Å². The number of fused-ring (bicyclic) bond motifs is 1. The number of carbonyl (C=O) groups is 4. The van der Waals surface area contributed by atoms with E-state index in [0.717, 1.165) is 11.1 Å². The van der Waals surface area contributed by atoms with Crippen LogP contribution in [0.2, 0.25) is 0 Å². The lowest BCUT2D eigenvalue weighted by Gasteiger charge is -2.34. The Morgan fingerprint density at radius 3 is 2.26 bits per heavy atom. The van der Waals surface area contributed by atoms with Gasteiger partial charge in [0.05, 0.1) is 5.52 Å². The van der Waals surface area contributed by atoms with E-state index >= 15 is 0 Å². The summed E-state index contributed by atoms with van der Waals surface area (Å²) in [5.74, 6) is -0.954. The predicted octanol–water partition coefficient (Wildman–Crippen LogP) is 7.87. The molecule has 1 atom stereocenters. The van der Waals surface area contributed by atoms with Crippen LogP contribution in [0.5, 0.6) is 0 Å². The molecule has 6 rings (SSSR count). The summed E-state index contributed by atoms with van der Waals surface area (Å²) in [5, 5.41) is 6.51. The maximum Gasteiger partial charge on any atom is 0.410 e. The van der Waals surface area contributed by atoms with E-state index in [-0.39, 0.29) is 36.2 Å². The minimum atomic E-state index is -0.962. The molecule has 1 aliphatic heterocycles. The van der Waals surface area contributed by atoms with Gasteiger partial charge in [-0.05, 0) is 105 Å². The van der Waals surface area contributed by atoms with Crippen molar-refractivity contribution >= 4 is 40.5 Å². The number of carbonyl (C=O) groups excluding carboxylic acids is 4. The molecule has 1 saturated heterocycles. The van der Waals surface area contributed by atoms with Gasteiger partial charge in [0.1, 0.15) is 23.3 Å². The number of amides is 4. The molecule has 0 spiro atoms. The van der Waals surface area contributed by atoms with Crippen LogP contribution in [0.1, 0.15) is 83.0 Å². The topological polar surface area (TPSA) is 121 Å². The lowest BCUT2D eigenvalue weighted by atomic mass is 9.86. The summed E-state index contributed by atoms with van der Waals surface area (Å²) in [6.07, 6.45) is 1.10. The number of halogens is 1. The number of anilines is 1. The Morgan fingerprint density at radius 2 is 1.56 bits per heavy atom. The van der Waals surface area contributed by atoms with Gasteiger partial charge in [-0.1, -0.05) is 60.7 Å². The summed E-state index contributed by atoms with van der Waals surface area (Å²) in [6, 6.07) is 30.0. The van der Waals surface area contributed by atoms with Crippen molar-refractivity contribution in [3.63, 3.8) is 0 Å². The van der Waals surface area contributed by atoms with Gasteiger partial charge < -0.3 is 25.2 Å². The monoisotopic (exact) mass is 729 g/mol. The summed E-state index contributed by atoms with van der Waals surface area (Å²) < 4.78 is 19.0. The summed E-state index contributed by atoms with van der Waals surface area (Å²) in [7, 11) is 1.64. The number of nitrogens with zero attached hydrogens (tertiary/aromatic N) is 3. The van der Waals surface area contributed by atoms with Crippen molar-refractivity contribution in [3.05, 3.63) is 143 Å². The van der Waals surface area contributed by atoms with Crippen molar-refractivity contribution in [2.24, 2.45) is 0 Å². The highest BCUT2D eigenvalue weighted by Gasteiger charge is 2.30. The zero-order chi connectivity index (χ0) is 38.4. The van der Waals surface area contributed by atoms with Crippen molar-refractivity contribution in [2.75, 3.05) is 25.5 Å². The van der Waals surface area contributed by atoms with Gasteiger partial charge in [-0.15, -0.1) is 0 Å². The van der Waals surface area contributed by atoms with Crippen LogP contribution in [-0.2, 0) is 16.1 Å². The molecule has 1 aromatic heterocycles. The fraction of sp³-hybridized carbons (Fsp3) is 0.279. The Morgan fingerprint density at radius 1 is 0.870 bits per heavy atom. The summed E-state index contributed by atoms with van der Waals surface area (Å²) in [6.45, 7) is 6.86. The second-order valence-corrected chi connectivity index (χ2v) is 14.5. The van der Waals surface area contributed by atoms with Crippen LogP contribution in [0.15, 0.2) is 109 Å². The highest BCUT2D eigenvalue weighted by atomic mass is 19.1. The first kappa shape index (κ1) is 37.7. The first-order chi connectivity index (χ1) is 25.8. The molecule has 1 aliphatic rings. The van der Waals surface area contributed by atoms with Gasteiger partial charge in [-0.25, -0.2) is 14.2 Å². The number of rotatable bonds is 9. The first-order valence-electron chi connectivity index (χ1n) is 18.0. The largest absolute Gasteiger partial charge is 0.444 e. The molecule has 278 valence electrons. The Labute approximate surface area is 314 Å². The number of nitrogens with one attached hydrogen (secondary N) is 2. The van der Waals surface area contributed by atoms with Crippen molar-refractivity contribution < 1.29 is 28.3 Å². The standard InChI is InChI=1S/C43H44FN5O5/c1-43(2,3)54-42(53)49-24-22-29(23-25-49)34-12-8-9-13-35(34)40(51)46-37-21-17-31-26-32(16-20-36(31)45-37)39(50)47-38(30-10-6-5-7-11-30)41(52)48(4)27-28-14-18-33(44)19-15-28/h5-21,26,29,38H,22-25,27H2,1-4H3,(H,47,50)(H,45,46,51). The highest BCUT2D eigenvalue weighted by molar-refractivity contribution is 6.06. The molecule has 54 heavy (non-hydrogen) atoms. The van der Waals surface area contributed by atoms with Gasteiger partial charge in [0.15, 0.2) is 0 Å². The Bertz CT molecular complexity index is 2140. The molecule has 2 heterocycles.